The van der Waals surface area contributed by atoms with Crippen molar-refractivity contribution in [2.45, 2.75) is 11.7 Å². The summed E-state index contributed by atoms with van der Waals surface area (Å²) >= 11 is 7.00. The first-order valence-corrected chi connectivity index (χ1v) is 9.10. The van der Waals surface area contributed by atoms with Gasteiger partial charge in [0, 0.05) is 17.1 Å². The van der Waals surface area contributed by atoms with Crippen molar-refractivity contribution in [3.8, 4) is 11.4 Å². The molecule has 3 N–H and O–H groups in total. The van der Waals surface area contributed by atoms with Crippen LogP contribution in [0.2, 0.25) is 5.02 Å². The molecule has 2 aromatic carbocycles. The maximum Gasteiger partial charge on any atom is 0.230 e. The van der Waals surface area contributed by atoms with Crippen LogP contribution in [0.1, 0.15) is 5.56 Å². The molecule has 1 amide bonds. The maximum absolute atomic E-state index is 13.3. The van der Waals surface area contributed by atoms with Crippen LogP contribution >= 0.6 is 23.4 Å². The van der Waals surface area contributed by atoms with E-state index in [1.54, 1.807) is 12.1 Å². The van der Waals surface area contributed by atoms with Gasteiger partial charge in [0.25, 0.3) is 0 Å². The standard InChI is InChI=1S/C17H14ClF2N5OS/c18-14-7-13(20)5-4-11(14)8-22-15(26)9-27-17-24-23-16(25(17)21)10-2-1-3-12(19)6-10/h1-7H,8-9,21H2,(H,22,26). The normalized spacial score (nSPS) is 10.8. The van der Waals surface area contributed by atoms with Gasteiger partial charge in [0.05, 0.1) is 5.75 Å². The molecule has 140 valence electrons. The van der Waals surface area contributed by atoms with Gasteiger partial charge in [-0.3, -0.25) is 4.79 Å². The van der Waals surface area contributed by atoms with Crippen LogP contribution in [0.3, 0.4) is 0 Å². The van der Waals surface area contributed by atoms with Gasteiger partial charge in [-0.25, -0.2) is 13.5 Å². The SMILES string of the molecule is Nn1c(SCC(=O)NCc2ccc(F)cc2Cl)nnc1-c1cccc(F)c1. The summed E-state index contributed by atoms with van der Waals surface area (Å²) in [5.74, 6) is 5.12. The van der Waals surface area contributed by atoms with Crippen molar-refractivity contribution in [1.82, 2.24) is 20.2 Å². The number of carbonyl (C=O) groups is 1. The zero-order chi connectivity index (χ0) is 19.4. The summed E-state index contributed by atoms with van der Waals surface area (Å²) in [4.78, 5) is 12.0. The molecule has 0 saturated heterocycles. The van der Waals surface area contributed by atoms with Crippen LogP contribution in [0.25, 0.3) is 11.4 Å². The molecule has 0 bridgehead atoms. The summed E-state index contributed by atoms with van der Waals surface area (Å²) in [6.45, 7) is 0.169. The first-order chi connectivity index (χ1) is 12.9. The Bertz CT molecular complexity index is 982. The van der Waals surface area contributed by atoms with Crippen molar-refractivity contribution in [1.29, 1.82) is 0 Å². The minimum Gasteiger partial charge on any atom is -0.351 e. The van der Waals surface area contributed by atoms with Crippen molar-refractivity contribution in [2.24, 2.45) is 0 Å². The zero-order valence-corrected chi connectivity index (χ0v) is 15.4. The number of benzene rings is 2. The van der Waals surface area contributed by atoms with Gasteiger partial charge < -0.3 is 11.2 Å². The summed E-state index contributed by atoms with van der Waals surface area (Å²) in [7, 11) is 0. The van der Waals surface area contributed by atoms with E-state index in [-0.39, 0.29) is 29.1 Å². The molecule has 3 rings (SSSR count). The van der Waals surface area contributed by atoms with E-state index < -0.39 is 11.6 Å². The maximum atomic E-state index is 13.3. The van der Waals surface area contributed by atoms with Crippen molar-refractivity contribution in [3.05, 3.63) is 64.7 Å². The Morgan fingerprint density at radius 3 is 2.70 bits per heavy atom. The molecule has 0 radical (unpaired) electrons. The minimum atomic E-state index is -0.443. The highest BCUT2D eigenvalue weighted by Gasteiger charge is 2.14. The van der Waals surface area contributed by atoms with Crippen molar-refractivity contribution in [2.75, 3.05) is 11.6 Å². The number of rotatable bonds is 6. The number of carbonyl (C=O) groups excluding carboxylic acids is 1. The molecule has 0 aliphatic carbocycles. The molecule has 10 heteroatoms. The van der Waals surface area contributed by atoms with Gasteiger partial charge in [0.15, 0.2) is 5.82 Å². The predicted molar refractivity (Wildman–Crippen MR) is 99.5 cm³/mol. The molecule has 0 unspecified atom stereocenters. The Morgan fingerprint density at radius 2 is 1.96 bits per heavy atom. The van der Waals surface area contributed by atoms with Crippen LogP contribution in [0, 0.1) is 11.6 Å². The van der Waals surface area contributed by atoms with Crippen LogP contribution in [-0.4, -0.2) is 26.5 Å². The van der Waals surface area contributed by atoms with Gasteiger partial charge in [-0.05, 0) is 29.8 Å². The molecule has 6 nitrogen and oxygen atoms in total. The third kappa shape index (κ3) is 4.75. The topological polar surface area (TPSA) is 85.8 Å². The van der Waals surface area contributed by atoms with Crippen molar-refractivity contribution >= 4 is 29.3 Å². The summed E-state index contributed by atoms with van der Waals surface area (Å²) in [5, 5.41) is 11.1. The average molecular weight is 410 g/mol. The van der Waals surface area contributed by atoms with E-state index in [1.165, 1.54) is 35.0 Å². The van der Waals surface area contributed by atoms with E-state index in [9.17, 15) is 13.6 Å². The number of nitrogen functional groups attached to an aromatic ring is 1. The summed E-state index contributed by atoms with van der Waals surface area (Å²) < 4.78 is 27.5. The number of hydrogen-bond acceptors (Lipinski definition) is 5. The fourth-order valence-electron chi connectivity index (χ4n) is 2.24. The van der Waals surface area contributed by atoms with E-state index in [1.807, 2.05) is 0 Å². The predicted octanol–water partition coefficient (Wildman–Crippen LogP) is 3.00. The van der Waals surface area contributed by atoms with Crippen molar-refractivity contribution in [3.63, 3.8) is 0 Å². The van der Waals surface area contributed by atoms with Crippen LogP contribution in [0.15, 0.2) is 47.6 Å². The molecule has 0 atom stereocenters. The second-order valence-corrected chi connectivity index (χ2v) is 6.84. The fraction of sp³-hybridized carbons (Fsp3) is 0.118. The molecule has 3 aromatic rings. The average Bonchev–Trinajstić information content (AvgIpc) is 3.00. The van der Waals surface area contributed by atoms with Crippen molar-refractivity contribution < 1.29 is 13.6 Å². The van der Waals surface area contributed by atoms with Gasteiger partial charge in [-0.15, -0.1) is 10.2 Å². The van der Waals surface area contributed by atoms with Gasteiger partial charge in [0.1, 0.15) is 11.6 Å². The molecular formula is C17H14ClF2N5OS. The first-order valence-electron chi connectivity index (χ1n) is 7.74. The van der Waals surface area contributed by atoms with Gasteiger partial charge in [-0.1, -0.05) is 41.6 Å². The Balaban J connectivity index is 1.58. The molecule has 1 aromatic heterocycles. The molecule has 1 heterocycles. The fourth-order valence-corrected chi connectivity index (χ4v) is 3.16. The van der Waals surface area contributed by atoms with Crippen LogP contribution in [0.4, 0.5) is 8.78 Å². The molecule has 0 fully saturated rings. The van der Waals surface area contributed by atoms with Crippen LogP contribution < -0.4 is 11.2 Å². The van der Waals surface area contributed by atoms with E-state index in [0.29, 0.717) is 16.3 Å². The number of nitrogens with one attached hydrogen (secondary N) is 1. The van der Waals surface area contributed by atoms with E-state index in [4.69, 9.17) is 17.4 Å². The van der Waals surface area contributed by atoms with Crippen LogP contribution in [0.5, 0.6) is 0 Å². The monoisotopic (exact) mass is 409 g/mol. The molecule has 0 spiro atoms. The highest BCUT2D eigenvalue weighted by atomic mass is 35.5. The summed E-state index contributed by atoms with van der Waals surface area (Å²) in [6, 6.07) is 9.77. The number of thioether (sulfide) groups is 1. The number of hydrogen-bond donors (Lipinski definition) is 2. The lowest BCUT2D eigenvalue weighted by Crippen LogP contribution is -2.25. The van der Waals surface area contributed by atoms with Gasteiger partial charge in [0.2, 0.25) is 11.1 Å². The number of halogens is 3. The van der Waals surface area contributed by atoms with E-state index in [2.05, 4.69) is 15.5 Å². The first kappa shape index (κ1) is 19.1. The highest BCUT2D eigenvalue weighted by molar-refractivity contribution is 7.99. The third-order valence-corrected chi connectivity index (χ3v) is 4.87. The number of aromatic nitrogens is 3. The summed E-state index contributed by atoms with van der Waals surface area (Å²) in [5.41, 5.74) is 1.08. The molecular weight excluding hydrogens is 396 g/mol. The number of nitrogens with two attached hydrogens (primary N) is 1. The quantitative estimate of drug-likeness (QED) is 0.483. The highest BCUT2D eigenvalue weighted by Crippen LogP contribution is 2.22. The third-order valence-electron chi connectivity index (χ3n) is 3.57. The zero-order valence-electron chi connectivity index (χ0n) is 13.8. The van der Waals surface area contributed by atoms with Gasteiger partial charge >= 0.3 is 0 Å². The second-order valence-electron chi connectivity index (χ2n) is 5.49. The molecule has 27 heavy (non-hydrogen) atoms. The largest absolute Gasteiger partial charge is 0.351 e. The Morgan fingerprint density at radius 1 is 1.19 bits per heavy atom. The van der Waals surface area contributed by atoms with E-state index in [0.717, 1.165) is 11.8 Å². The lowest BCUT2D eigenvalue weighted by atomic mass is 10.2. The number of amides is 1. The Kier molecular flexibility index (Phi) is 5.92. The lowest BCUT2D eigenvalue weighted by Gasteiger charge is -2.07. The second kappa shape index (κ2) is 8.36. The minimum absolute atomic E-state index is 0.0390. The van der Waals surface area contributed by atoms with E-state index >= 15 is 0 Å². The summed E-state index contributed by atoms with van der Waals surface area (Å²) in [6.07, 6.45) is 0. The van der Waals surface area contributed by atoms with Gasteiger partial charge in [-0.2, -0.15) is 0 Å². The molecule has 0 aliphatic rings. The molecule has 0 saturated carbocycles. The lowest BCUT2D eigenvalue weighted by molar-refractivity contribution is -0.118. The Labute approximate surface area is 162 Å². The number of nitrogens with zero attached hydrogens (tertiary/aromatic N) is 3. The van der Waals surface area contributed by atoms with Crippen LogP contribution in [-0.2, 0) is 11.3 Å². The smallest absolute Gasteiger partial charge is 0.230 e. The Hall–Kier alpha value is -2.65. The molecule has 0 aliphatic heterocycles.